The van der Waals surface area contributed by atoms with E-state index in [1.807, 2.05) is 55.5 Å². The van der Waals surface area contributed by atoms with Crippen molar-refractivity contribution >= 4 is 32.6 Å². The number of aromatic nitrogens is 3. The Morgan fingerprint density at radius 1 is 1.16 bits per heavy atom. The zero-order valence-corrected chi connectivity index (χ0v) is 14.4. The summed E-state index contributed by atoms with van der Waals surface area (Å²) in [7, 11) is 0. The summed E-state index contributed by atoms with van der Waals surface area (Å²) in [5.41, 5.74) is 2.94. The first-order valence-electron chi connectivity index (χ1n) is 7.93. The van der Waals surface area contributed by atoms with E-state index in [0.717, 1.165) is 15.8 Å². The second kappa shape index (κ2) is 6.49. The third-order valence-corrected chi connectivity index (χ3v) is 4.86. The minimum atomic E-state index is -0.537. The fourth-order valence-corrected chi connectivity index (χ4v) is 3.72. The third kappa shape index (κ3) is 3.16. The molecule has 2 aromatic heterocycles. The lowest BCUT2D eigenvalue weighted by molar-refractivity contribution is -0.118. The van der Waals surface area contributed by atoms with E-state index in [0.29, 0.717) is 5.13 Å². The van der Waals surface area contributed by atoms with Crippen molar-refractivity contribution in [1.82, 2.24) is 14.8 Å². The van der Waals surface area contributed by atoms with E-state index < -0.39 is 6.04 Å². The molecule has 4 rings (SSSR count). The molecule has 0 aliphatic heterocycles. The molecule has 0 unspecified atom stereocenters. The van der Waals surface area contributed by atoms with Gasteiger partial charge in [0.2, 0.25) is 0 Å². The van der Waals surface area contributed by atoms with Gasteiger partial charge in [-0.2, -0.15) is 5.10 Å². The number of carbonyl (C=O) groups excluding carboxylic acids is 1. The molecule has 25 heavy (non-hydrogen) atoms. The number of hydrogen-bond acceptors (Lipinski definition) is 4. The first kappa shape index (κ1) is 15.5. The molecule has 0 saturated heterocycles. The number of nitrogens with one attached hydrogen (secondary N) is 1. The molecule has 0 fully saturated rings. The summed E-state index contributed by atoms with van der Waals surface area (Å²) < 4.78 is 2.72. The minimum absolute atomic E-state index is 0.161. The van der Waals surface area contributed by atoms with Crippen molar-refractivity contribution in [3.63, 3.8) is 0 Å². The molecule has 0 aliphatic carbocycles. The summed E-state index contributed by atoms with van der Waals surface area (Å²) in [5.74, 6) is -0.161. The second-order valence-corrected chi connectivity index (χ2v) is 6.81. The number of thiazole rings is 1. The largest absolute Gasteiger partial charge is 0.300 e. The SMILES string of the molecule is Cc1ccc2nc(NC(=O)[C@@H](c3ccccc3)n3cccn3)sc2c1. The van der Waals surface area contributed by atoms with E-state index in [4.69, 9.17) is 0 Å². The summed E-state index contributed by atoms with van der Waals surface area (Å²) in [4.78, 5) is 17.5. The molecule has 2 heterocycles. The maximum atomic E-state index is 12.9. The van der Waals surface area contributed by atoms with Gasteiger partial charge >= 0.3 is 0 Å². The van der Waals surface area contributed by atoms with E-state index in [2.05, 4.69) is 21.5 Å². The van der Waals surface area contributed by atoms with Crippen molar-refractivity contribution in [2.45, 2.75) is 13.0 Å². The topological polar surface area (TPSA) is 59.8 Å². The molecule has 1 amide bonds. The van der Waals surface area contributed by atoms with Gasteiger partial charge in [0.1, 0.15) is 0 Å². The number of nitrogens with zero attached hydrogens (tertiary/aromatic N) is 3. The van der Waals surface area contributed by atoms with Gasteiger partial charge in [-0.3, -0.25) is 14.8 Å². The van der Waals surface area contributed by atoms with E-state index in [-0.39, 0.29) is 5.91 Å². The molecule has 0 aliphatic rings. The smallest absolute Gasteiger partial charge is 0.255 e. The average molecular weight is 348 g/mol. The Bertz CT molecular complexity index is 1010. The van der Waals surface area contributed by atoms with Crippen molar-refractivity contribution in [2.24, 2.45) is 0 Å². The number of hydrogen-bond donors (Lipinski definition) is 1. The Morgan fingerprint density at radius 3 is 2.76 bits per heavy atom. The predicted molar refractivity (Wildman–Crippen MR) is 99.8 cm³/mol. The molecule has 5 nitrogen and oxygen atoms in total. The Labute approximate surface area is 149 Å². The maximum absolute atomic E-state index is 12.9. The number of rotatable bonds is 4. The van der Waals surface area contributed by atoms with Crippen molar-refractivity contribution in [2.75, 3.05) is 5.32 Å². The Kier molecular flexibility index (Phi) is 4.03. The van der Waals surface area contributed by atoms with Gasteiger partial charge in [0.25, 0.3) is 5.91 Å². The minimum Gasteiger partial charge on any atom is -0.300 e. The molecule has 0 bridgehead atoms. The number of amides is 1. The van der Waals surface area contributed by atoms with Crippen LogP contribution in [0.4, 0.5) is 5.13 Å². The van der Waals surface area contributed by atoms with Crippen molar-refractivity contribution < 1.29 is 4.79 Å². The summed E-state index contributed by atoms with van der Waals surface area (Å²) >= 11 is 1.48. The molecular weight excluding hydrogens is 332 g/mol. The third-order valence-electron chi connectivity index (χ3n) is 3.93. The lowest BCUT2D eigenvalue weighted by atomic mass is 10.1. The normalized spacial score (nSPS) is 12.2. The zero-order valence-electron chi connectivity index (χ0n) is 13.6. The number of carbonyl (C=O) groups is 1. The number of anilines is 1. The van der Waals surface area contributed by atoms with Crippen LogP contribution in [-0.2, 0) is 4.79 Å². The van der Waals surface area contributed by atoms with Gasteiger partial charge in [-0.05, 0) is 36.2 Å². The first-order valence-corrected chi connectivity index (χ1v) is 8.74. The van der Waals surface area contributed by atoms with Crippen molar-refractivity contribution in [1.29, 1.82) is 0 Å². The quantitative estimate of drug-likeness (QED) is 0.606. The molecule has 0 radical (unpaired) electrons. The summed E-state index contributed by atoms with van der Waals surface area (Å²) in [6, 6.07) is 16.9. The molecule has 1 N–H and O–H groups in total. The van der Waals surface area contributed by atoms with Crippen molar-refractivity contribution in [3.8, 4) is 0 Å². The van der Waals surface area contributed by atoms with Crippen LogP contribution in [0.2, 0.25) is 0 Å². The highest BCUT2D eigenvalue weighted by molar-refractivity contribution is 7.22. The van der Waals surface area contributed by atoms with Crippen LogP contribution in [0, 0.1) is 6.92 Å². The van der Waals surface area contributed by atoms with E-state index >= 15 is 0 Å². The fraction of sp³-hybridized carbons (Fsp3) is 0.105. The van der Waals surface area contributed by atoms with Crippen LogP contribution < -0.4 is 5.32 Å². The van der Waals surface area contributed by atoms with Gasteiger partial charge in [0, 0.05) is 12.4 Å². The highest BCUT2D eigenvalue weighted by atomic mass is 32.1. The Hall–Kier alpha value is -2.99. The first-order chi connectivity index (χ1) is 12.2. The molecular formula is C19H16N4OS. The van der Waals surface area contributed by atoms with E-state index in [1.165, 1.54) is 16.9 Å². The van der Waals surface area contributed by atoms with E-state index in [9.17, 15) is 4.79 Å². The van der Waals surface area contributed by atoms with Gasteiger partial charge in [-0.1, -0.05) is 47.7 Å². The Balaban J connectivity index is 1.66. The van der Waals surface area contributed by atoms with Crippen molar-refractivity contribution in [3.05, 3.63) is 78.1 Å². The lowest BCUT2D eigenvalue weighted by Crippen LogP contribution is -2.27. The highest BCUT2D eigenvalue weighted by Gasteiger charge is 2.23. The van der Waals surface area contributed by atoms with Gasteiger partial charge in [0.15, 0.2) is 11.2 Å². The highest BCUT2D eigenvalue weighted by Crippen LogP contribution is 2.28. The average Bonchev–Trinajstić information content (AvgIpc) is 3.25. The Morgan fingerprint density at radius 2 is 2.00 bits per heavy atom. The van der Waals surface area contributed by atoms with Crippen LogP contribution in [0.15, 0.2) is 67.0 Å². The molecule has 1 atom stereocenters. The van der Waals surface area contributed by atoms with Crippen LogP contribution in [0.3, 0.4) is 0 Å². The molecule has 0 saturated carbocycles. The van der Waals surface area contributed by atoms with Gasteiger partial charge in [0.05, 0.1) is 10.2 Å². The molecule has 124 valence electrons. The molecule has 2 aromatic carbocycles. The summed E-state index contributed by atoms with van der Waals surface area (Å²) in [5, 5.41) is 7.79. The monoisotopic (exact) mass is 348 g/mol. The fourth-order valence-electron chi connectivity index (χ4n) is 2.75. The molecule has 6 heteroatoms. The number of fused-ring (bicyclic) bond motifs is 1. The molecule has 4 aromatic rings. The van der Waals surface area contributed by atoms with Crippen LogP contribution in [0.25, 0.3) is 10.2 Å². The lowest BCUT2D eigenvalue weighted by Gasteiger charge is -2.16. The van der Waals surface area contributed by atoms with Crippen LogP contribution >= 0.6 is 11.3 Å². The maximum Gasteiger partial charge on any atom is 0.255 e. The van der Waals surface area contributed by atoms with E-state index in [1.54, 1.807) is 17.1 Å². The number of aryl methyl sites for hydroxylation is 1. The van der Waals surface area contributed by atoms with Gasteiger partial charge in [-0.15, -0.1) is 0 Å². The second-order valence-electron chi connectivity index (χ2n) is 5.78. The summed E-state index contributed by atoms with van der Waals surface area (Å²) in [6.45, 7) is 2.04. The number of benzene rings is 2. The van der Waals surface area contributed by atoms with Gasteiger partial charge in [-0.25, -0.2) is 4.98 Å². The van der Waals surface area contributed by atoms with Gasteiger partial charge < -0.3 is 0 Å². The van der Waals surface area contributed by atoms with Crippen LogP contribution in [0.5, 0.6) is 0 Å². The molecule has 0 spiro atoms. The van der Waals surface area contributed by atoms with Crippen LogP contribution in [0.1, 0.15) is 17.2 Å². The zero-order chi connectivity index (χ0) is 17.2. The van der Waals surface area contributed by atoms with Crippen LogP contribution in [-0.4, -0.2) is 20.7 Å². The standard InChI is InChI=1S/C19H16N4OS/c1-13-8-9-15-16(12-13)25-19(21-15)22-18(24)17(23-11-5-10-20-23)14-6-3-2-4-7-14/h2-12,17H,1H3,(H,21,22,24)/t17-/m1/s1. The predicted octanol–water partition coefficient (Wildman–Crippen LogP) is 4.03. The summed E-state index contributed by atoms with van der Waals surface area (Å²) in [6.07, 6.45) is 3.46.